The molecule has 3 aromatic carbocycles. The molecule has 4 fully saturated rings. The maximum atomic E-state index is 13.8. The maximum absolute atomic E-state index is 13.8. The summed E-state index contributed by atoms with van der Waals surface area (Å²) < 4.78 is 4.80. The van der Waals surface area contributed by atoms with Crippen LogP contribution in [0.2, 0.25) is 0 Å². The SMILES string of the molecule is COC(=O)N[C@H](C(=O)N1[C@@H]2C[C@@H]2C[C@H]1c1ncc(-c2ccc3cc(-c4ccc(C5=CN=C(C6C[C@H]7C[C@H]7N6)C5)cc4)ccc3c2)[nH]1)C(C)C. The van der Waals surface area contributed by atoms with E-state index in [9.17, 15) is 9.59 Å². The van der Waals surface area contributed by atoms with Crippen molar-refractivity contribution in [2.75, 3.05) is 7.11 Å². The molecular weight excluding hydrogens is 612 g/mol. The van der Waals surface area contributed by atoms with Crippen molar-refractivity contribution in [2.45, 2.75) is 76.2 Å². The lowest BCUT2D eigenvalue weighted by Gasteiger charge is -2.31. The molecule has 2 amide bonds. The molecule has 7 atom stereocenters. The summed E-state index contributed by atoms with van der Waals surface area (Å²) in [5.41, 5.74) is 8.20. The molecule has 49 heavy (non-hydrogen) atoms. The quantitative estimate of drug-likeness (QED) is 0.192. The van der Waals surface area contributed by atoms with Crippen LogP contribution in [0.3, 0.4) is 0 Å². The summed E-state index contributed by atoms with van der Waals surface area (Å²) in [5, 5.41) is 8.82. The monoisotopic (exact) mass is 654 g/mol. The molecule has 9 rings (SSSR count). The van der Waals surface area contributed by atoms with Crippen LogP contribution in [0.4, 0.5) is 4.79 Å². The minimum absolute atomic E-state index is 0.0721. The number of aliphatic imine (C=N–C) groups is 1. The van der Waals surface area contributed by atoms with Crippen molar-refractivity contribution >= 4 is 34.1 Å². The van der Waals surface area contributed by atoms with Crippen molar-refractivity contribution in [2.24, 2.45) is 22.7 Å². The molecule has 2 saturated heterocycles. The number of fused-ring (bicyclic) bond motifs is 3. The maximum Gasteiger partial charge on any atom is 0.407 e. The second kappa shape index (κ2) is 11.7. The number of ether oxygens (including phenoxy) is 1. The first-order chi connectivity index (χ1) is 23.8. The van der Waals surface area contributed by atoms with E-state index in [1.807, 2.05) is 24.9 Å². The molecule has 1 aromatic heterocycles. The molecule has 9 heteroatoms. The third kappa shape index (κ3) is 5.54. The normalized spacial score (nSPS) is 27.1. The number of hydrogen-bond donors (Lipinski definition) is 3. The van der Waals surface area contributed by atoms with Gasteiger partial charge in [0, 0.05) is 42.0 Å². The molecule has 0 bridgehead atoms. The fraction of sp³-hybridized carbons (Fsp3) is 0.400. The van der Waals surface area contributed by atoms with Gasteiger partial charge in [0.2, 0.25) is 5.91 Å². The number of amides is 2. The third-order valence-electron chi connectivity index (χ3n) is 11.4. The van der Waals surface area contributed by atoms with Crippen molar-refractivity contribution in [3.8, 4) is 22.4 Å². The molecule has 3 aliphatic heterocycles. The van der Waals surface area contributed by atoms with E-state index in [-0.39, 0.29) is 23.9 Å². The predicted octanol–water partition coefficient (Wildman–Crippen LogP) is 6.88. The number of hydrogen-bond acceptors (Lipinski definition) is 6. The number of rotatable bonds is 8. The highest BCUT2D eigenvalue weighted by Crippen LogP contribution is 2.53. The van der Waals surface area contributed by atoms with Crippen LogP contribution in [0.15, 0.2) is 78.1 Å². The lowest BCUT2D eigenvalue weighted by molar-refractivity contribution is -0.136. The van der Waals surface area contributed by atoms with E-state index in [0.29, 0.717) is 12.0 Å². The second-order valence-corrected chi connectivity index (χ2v) is 15.0. The summed E-state index contributed by atoms with van der Waals surface area (Å²) in [6, 6.07) is 22.6. The van der Waals surface area contributed by atoms with Gasteiger partial charge in [-0.15, -0.1) is 0 Å². The molecule has 5 aliphatic rings. The Morgan fingerprint density at radius 1 is 0.898 bits per heavy atom. The Labute approximate surface area is 286 Å². The van der Waals surface area contributed by atoms with Gasteiger partial charge in [-0.05, 0) is 88.6 Å². The van der Waals surface area contributed by atoms with Gasteiger partial charge in [-0.25, -0.2) is 9.78 Å². The molecule has 4 aromatic rings. The molecule has 1 unspecified atom stereocenters. The average molecular weight is 655 g/mol. The van der Waals surface area contributed by atoms with E-state index in [1.165, 1.54) is 53.3 Å². The van der Waals surface area contributed by atoms with Crippen LogP contribution < -0.4 is 10.6 Å². The number of likely N-dealkylation sites (tertiary alicyclic amines) is 1. The smallest absolute Gasteiger partial charge is 0.407 e. The molecule has 3 N–H and O–H groups in total. The Balaban J connectivity index is 0.889. The van der Waals surface area contributed by atoms with Gasteiger partial charge in [0.05, 0.1) is 25.0 Å². The van der Waals surface area contributed by atoms with Gasteiger partial charge in [-0.1, -0.05) is 62.4 Å². The van der Waals surface area contributed by atoms with Crippen LogP contribution in [0.5, 0.6) is 0 Å². The van der Waals surface area contributed by atoms with Crippen molar-refractivity contribution in [1.82, 2.24) is 25.5 Å². The zero-order chi connectivity index (χ0) is 33.4. The van der Waals surface area contributed by atoms with Crippen molar-refractivity contribution in [3.05, 3.63) is 84.4 Å². The van der Waals surface area contributed by atoms with Gasteiger partial charge < -0.3 is 25.3 Å². The Morgan fingerprint density at radius 2 is 1.63 bits per heavy atom. The van der Waals surface area contributed by atoms with E-state index in [1.54, 1.807) is 0 Å². The molecule has 0 spiro atoms. The van der Waals surface area contributed by atoms with Crippen LogP contribution >= 0.6 is 0 Å². The number of H-pyrrole nitrogens is 1. The number of alkyl carbamates (subject to hydrolysis) is 1. The number of carbonyl (C=O) groups is 2. The van der Waals surface area contributed by atoms with Crippen molar-refractivity contribution < 1.29 is 14.3 Å². The first kappa shape index (κ1) is 30.3. The number of benzene rings is 3. The molecule has 2 aliphatic carbocycles. The Kier molecular flexibility index (Phi) is 7.23. The zero-order valence-corrected chi connectivity index (χ0v) is 28.1. The fourth-order valence-electron chi connectivity index (χ4n) is 8.41. The van der Waals surface area contributed by atoms with Crippen LogP contribution in [0.25, 0.3) is 38.7 Å². The number of methoxy groups -OCH3 is 1. The van der Waals surface area contributed by atoms with Gasteiger partial charge in [0.25, 0.3) is 0 Å². The summed E-state index contributed by atoms with van der Waals surface area (Å²) in [7, 11) is 1.32. The Morgan fingerprint density at radius 3 is 2.37 bits per heavy atom. The van der Waals surface area contributed by atoms with Crippen LogP contribution in [-0.4, -0.2) is 63.9 Å². The number of carbonyl (C=O) groups excluding carboxylic acids is 2. The van der Waals surface area contributed by atoms with Gasteiger partial charge in [-0.3, -0.25) is 9.79 Å². The molecule has 9 nitrogen and oxygen atoms in total. The first-order valence-electron chi connectivity index (χ1n) is 17.7. The van der Waals surface area contributed by atoms with E-state index < -0.39 is 12.1 Å². The Bertz CT molecular complexity index is 2020. The lowest BCUT2D eigenvalue weighted by atomic mass is 9.95. The summed E-state index contributed by atoms with van der Waals surface area (Å²) in [5.74, 6) is 2.00. The molecule has 2 saturated carbocycles. The third-order valence-corrected chi connectivity index (χ3v) is 11.4. The summed E-state index contributed by atoms with van der Waals surface area (Å²) in [6.07, 6.45) is 8.75. The summed E-state index contributed by atoms with van der Waals surface area (Å²) >= 11 is 0. The number of aromatic amines is 1. The topological polar surface area (TPSA) is 112 Å². The standard InChI is InChI=1S/C40H42N6O3/c1-21(2)37(45-40(48)49-3)39(47)46-35-17-29(35)18-36(46)38-42-20-34(44-38)27-11-10-25-12-24(8-9-26(25)13-27)22-4-6-23(7-5-22)30-16-32(41-19-30)33-15-28-14-31(28)43-33/h4-13,19-21,28-29,31,33,35-37,43H,14-18H2,1-3H3,(H,42,44)(H,45,48)/t28-,29-,31-,33?,35-,36+,37+/m1/s1. The number of nitrogens with one attached hydrogen (secondary N) is 3. The Hall–Kier alpha value is -4.76. The molecular formula is C40H42N6O3. The number of allylic oxidation sites excluding steroid dienone is 1. The van der Waals surface area contributed by atoms with Crippen LogP contribution in [0, 0.1) is 17.8 Å². The highest BCUT2D eigenvalue weighted by atomic mass is 16.5. The van der Waals surface area contributed by atoms with Crippen molar-refractivity contribution in [3.63, 3.8) is 0 Å². The van der Waals surface area contributed by atoms with Gasteiger partial charge in [0.1, 0.15) is 11.9 Å². The van der Waals surface area contributed by atoms with Crippen LogP contribution in [-0.2, 0) is 9.53 Å². The lowest BCUT2D eigenvalue weighted by Crippen LogP contribution is -2.52. The highest BCUT2D eigenvalue weighted by Gasteiger charge is 2.56. The predicted molar refractivity (Wildman–Crippen MR) is 191 cm³/mol. The number of imidazole rings is 1. The zero-order valence-electron chi connectivity index (χ0n) is 28.1. The molecule has 0 radical (unpaired) electrons. The van der Waals surface area contributed by atoms with E-state index in [4.69, 9.17) is 14.7 Å². The minimum Gasteiger partial charge on any atom is -0.453 e. The summed E-state index contributed by atoms with van der Waals surface area (Å²) in [6.45, 7) is 3.88. The van der Waals surface area contributed by atoms with Crippen molar-refractivity contribution in [1.29, 1.82) is 0 Å². The van der Waals surface area contributed by atoms with Gasteiger partial charge in [-0.2, -0.15) is 0 Å². The fourth-order valence-corrected chi connectivity index (χ4v) is 8.41. The van der Waals surface area contributed by atoms with Gasteiger partial charge >= 0.3 is 6.09 Å². The molecule has 4 heterocycles. The molecule has 250 valence electrons. The number of piperidine rings is 2. The number of aromatic nitrogens is 2. The largest absolute Gasteiger partial charge is 0.453 e. The van der Waals surface area contributed by atoms with E-state index >= 15 is 0 Å². The summed E-state index contributed by atoms with van der Waals surface area (Å²) in [4.78, 5) is 40.8. The van der Waals surface area contributed by atoms with E-state index in [2.05, 4.69) is 82.5 Å². The number of nitrogens with zero attached hydrogens (tertiary/aromatic N) is 3. The second-order valence-electron chi connectivity index (χ2n) is 15.0. The minimum atomic E-state index is -0.649. The van der Waals surface area contributed by atoms with Gasteiger partial charge in [0.15, 0.2) is 0 Å². The first-order valence-corrected chi connectivity index (χ1v) is 17.7. The highest BCUT2D eigenvalue weighted by molar-refractivity contribution is 6.02. The van der Waals surface area contributed by atoms with Crippen LogP contribution in [0.1, 0.15) is 63.4 Å². The average Bonchev–Trinajstić information content (AvgIpc) is 3.68. The van der Waals surface area contributed by atoms with E-state index in [0.717, 1.165) is 53.7 Å².